The monoisotopic (exact) mass is 290 g/mol. The average Bonchev–Trinajstić information content (AvgIpc) is 3.24. The maximum atomic E-state index is 11.9. The van der Waals surface area contributed by atoms with Gasteiger partial charge in [0.2, 0.25) is 5.91 Å². The highest BCUT2D eigenvalue weighted by molar-refractivity contribution is 5.95. The van der Waals surface area contributed by atoms with Crippen molar-refractivity contribution in [2.24, 2.45) is 5.92 Å². The molecule has 1 aromatic rings. The second-order valence-corrected chi connectivity index (χ2v) is 5.10. The lowest BCUT2D eigenvalue weighted by Crippen LogP contribution is -2.30. The number of ether oxygens (including phenoxy) is 1. The minimum atomic E-state index is -0.826. The molecule has 0 spiro atoms. The van der Waals surface area contributed by atoms with Crippen molar-refractivity contribution < 1.29 is 19.1 Å². The van der Waals surface area contributed by atoms with Gasteiger partial charge in [-0.05, 0) is 44.0 Å². The minimum absolute atomic E-state index is 0.0304. The van der Waals surface area contributed by atoms with Crippen LogP contribution in [0.15, 0.2) is 24.3 Å². The first kappa shape index (κ1) is 15.0. The molecule has 112 valence electrons. The number of benzene rings is 1. The van der Waals surface area contributed by atoms with E-state index in [-0.39, 0.29) is 23.7 Å². The van der Waals surface area contributed by atoms with Crippen LogP contribution in [0, 0.1) is 5.92 Å². The minimum Gasteiger partial charge on any atom is -0.452 e. The quantitative estimate of drug-likeness (QED) is 0.811. The molecule has 0 saturated heterocycles. The number of esters is 1. The summed E-state index contributed by atoms with van der Waals surface area (Å²) in [6.45, 7) is 2.97. The lowest BCUT2D eigenvalue weighted by molar-refractivity contribution is -0.154. The van der Waals surface area contributed by atoms with Crippen molar-refractivity contribution in [2.75, 3.05) is 10.6 Å². The van der Waals surface area contributed by atoms with E-state index in [2.05, 4.69) is 10.6 Å². The van der Waals surface area contributed by atoms with Crippen LogP contribution in [0.3, 0.4) is 0 Å². The Balaban J connectivity index is 1.86. The standard InChI is InChI=1S/C15H18N2O4/c1-9(21-15(20)11-3-4-11)14(19)17-13-7-5-12(6-8-13)16-10(2)18/h5-9,11H,3-4H2,1-2H3,(H,16,18)(H,17,19). The number of amides is 2. The van der Waals surface area contributed by atoms with Crippen LogP contribution < -0.4 is 10.6 Å². The lowest BCUT2D eigenvalue weighted by atomic mass is 10.2. The zero-order valence-electron chi connectivity index (χ0n) is 12.0. The molecule has 1 aliphatic rings. The number of nitrogens with one attached hydrogen (secondary N) is 2. The van der Waals surface area contributed by atoms with Crippen LogP contribution in [-0.4, -0.2) is 23.9 Å². The highest BCUT2D eigenvalue weighted by Gasteiger charge is 2.33. The lowest BCUT2D eigenvalue weighted by Gasteiger charge is -2.13. The molecule has 1 atom stereocenters. The molecule has 0 bridgehead atoms. The van der Waals surface area contributed by atoms with Gasteiger partial charge in [0, 0.05) is 18.3 Å². The molecule has 1 saturated carbocycles. The zero-order chi connectivity index (χ0) is 15.4. The molecule has 21 heavy (non-hydrogen) atoms. The van der Waals surface area contributed by atoms with E-state index < -0.39 is 6.10 Å². The van der Waals surface area contributed by atoms with Gasteiger partial charge in [0.15, 0.2) is 6.10 Å². The SMILES string of the molecule is CC(=O)Nc1ccc(NC(=O)C(C)OC(=O)C2CC2)cc1. The van der Waals surface area contributed by atoms with Gasteiger partial charge in [-0.25, -0.2) is 0 Å². The first-order chi connectivity index (χ1) is 9.95. The Hall–Kier alpha value is -2.37. The van der Waals surface area contributed by atoms with E-state index >= 15 is 0 Å². The largest absolute Gasteiger partial charge is 0.452 e. The molecule has 1 fully saturated rings. The van der Waals surface area contributed by atoms with Crippen molar-refractivity contribution >= 4 is 29.2 Å². The van der Waals surface area contributed by atoms with E-state index in [1.54, 1.807) is 31.2 Å². The number of hydrogen-bond acceptors (Lipinski definition) is 4. The van der Waals surface area contributed by atoms with E-state index in [0.29, 0.717) is 11.4 Å². The Labute approximate surface area is 122 Å². The second kappa shape index (κ2) is 6.39. The van der Waals surface area contributed by atoms with E-state index in [4.69, 9.17) is 4.74 Å². The Morgan fingerprint density at radius 3 is 2.10 bits per heavy atom. The third kappa shape index (κ3) is 4.59. The molecule has 0 radical (unpaired) electrons. The molecule has 6 heteroatoms. The van der Waals surface area contributed by atoms with Crippen LogP contribution in [0.1, 0.15) is 26.7 Å². The summed E-state index contributed by atoms with van der Waals surface area (Å²) in [5.41, 5.74) is 1.22. The average molecular weight is 290 g/mol. The molecular weight excluding hydrogens is 272 g/mol. The van der Waals surface area contributed by atoms with Crippen LogP contribution in [0.25, 0.3) is 0 Å². The maximum Gasteiger partial charge on any atom is 0.309 e. The summed E-state index contributed by atoms with van der Waals surface area (Å²) in [5, 5.41) is 5.29. The van der Waals surface area contributed by atoms with E-state index in [0.717, 1.165) is 12.8 Å². The van der Waals surface area contributed by atoms with Crippen LogP contribution in [0.5, 0.6) is 0 Å². The molecule has 0 aliphatic heterocycles. The van der Waals surface area contributed by atoms with Crippen molar-refractivity contribution in [1.29, 1.82) is 0 Å². The molecule has 6 nitrogen and oxygen atoms in total. The van der Waals surface area contributed by atoms with Crippen LogP contribution in [0.2, 0.25) is 0 Å². The van der Waals surface area contributed by atoms with Crippen LogP contribution in [0.4, 0.5) is 11.4 Å². The highest BCUT2D eigenvalue weighted by atomic mass is 16.5. The molecule has 2 rings (SSSR count). The molecular formula is C15H18N2O4. The molecule has 0 heterocycles. The Morgan fingerprint density at radius 1 is 1.10 bits per heavy atom. The normalized spacial score (nSPS) is 15.0. The van der Waals surface area contributed by atoms with Crippen molar-refractivity contribution in [3.63, 3.8) is 0 Å². The van der Waals surface area contributed by atoms with Gasteiger partial charge in [-0.15, -0.1) is 0 Å². The number of carbonyl (C=O) groups is 3. The summed E-state index contributed by atoms with van der Waals surface area (Å²) in [4.78, 5) is 34.3. The number of rotatable bonds is 5. The number of anilines is 2. The molecule has 1 unspecified atom stereocenters. The van der Waals surface area contributed by atoms with Gasteiger partial charge in [-0.2, -0.15) is 0 Å². The predicted molar refractivity (Wildman–Crippen MR) is 77.7 cm³/mol. The van der Waals surface area contributed by atoms with Crippen molar-refractivity contribution in [2.45, 2.75) is 32.8 Å². The molecule has 1 aromatic carbocycles. The van der Waals surface area contributed by atoms with Crippen molar-refractivity contribution in [1.82, 2.24) is 0 Å². The van der Waals surface area contributed by atoms with Gasteiger partial charge < -0.3 is 15.4 Å². The third-order valence-electron chi connectivity index (χ3n) is 3.05. The predicted octanol–water partition coefficient (Wildman–Crippen LogP) is 1.93. The van der Waals surface area contributed by atoms with E-state index in [9.17, 15) is 14.4 Å². The van der Waals surface area contributed by atoms with Gasteiger partial charge in [0.25, 0.3) is 5.91 Å². The molecule has 1 aliphatic carbocycles. The summed E-state index contributed by atoms with van der Waals surface area (Å²) in [6.07, 6.45) is 0.864. The first-order valence-corrected chi connectivity index (χ1v) is 6.84. The van der Waals surface area contributed by atoms with Gasteiger partial charge in [0.1, 0.15) is 0 Å². The summed E-state index contributed by atoms with van der Waals surface area (Å²) in [5.74, 6) is -0.875. The Morgan fingerprint density at radius 2 is 1.62 bits per heavy atom. The summed E-state index contributed by atoms with van der Waals surface area (Å²) in [7, 11) is 0. The van der Waals surface area contributed by atoms with Gasteiger partial charge >= 0.3 is 5.97 Å². The zero-order valence-corrected chi connectivity index (χ0v) is 12.0. The van der Waals surface area contributed by atoms with Crippen molar-refractivity contribution in [3.05, 3.63) is 24.3 Å². The van der Waals surface area contributed by atoms with Crippen LogP contribution >= 0.6 is 0 Å². The summed E-state index contributed by atoms with van der Waals surface area (Å²) >= 11 is 0. The molecule has 2 N–H and O–H groups in total. The van der Waals surface area contributed by atoms with Gasteiger partial charge in [-0.1, -0.05) is 0 Å². The Bertz CT molecular complexity index is 549. The number of carbonyl (C=O) groups excluding carboxylic acids is 3. The summed E-state index contributed by atoms with van der Waals surface area (Å²) in [6, 6.07) is 6.69. The van der Waals surface area contributed by atoms with Crippen molar-refractivity contribution in [3.8, 4) is 0 Å². The smallest absolute Gasteiger partial charge is 0.309 e. The fourth-order valence-electron chi connectivity index (χ4n) is 1.73. The molecule has 0 aromatic heterocycles. The van der Waals surface area contributed by atoms with Gasteiger partial charge in [0.05, 0.1) is 5.92 Å². The molecule has 2 amide bonds. The fourth-order valence-corrected chi connectivity index (χ4v) is 1.73. The topological polar surface area (TPSA) is 84.5 Å². The second-order valence-electron chi connectivity index (χ2n) is 5.10. The van der Waals surface area contributed by atoms with Crippen LogP contribution in [-0.2, 0) is 19.1 Å². The third-order valence-corrected chi connectivity index (χ3v) is 3.05. The van der Waals surface area contributed by atoms with E-state index in [1.807, 2.05) is 0 Å². The highest BCUT2D eigenvalue weighted by Crippen LogP contribution is 2.30. The van der Waals surface area contributed by atoms with E-state index in [1.165, 1.54) is 6.92 Å². The first-order valence-electron chi connectivity index (χ1n) is 6.84. The summed E-state index contributed by atoms with van der Waals surface area (Å²) < 4.78 is 5.08. The number of hydrogen-bond donors (Lipinski definition) is 2. The Kier molecular flexibility index (Phi) is 4.57. The fraction of sp³-hybridized carbons (Fsp3) is 0.400. The van der Waals surface area contributed by atoms with Gasteiger partial charge in [-0.3, -0.25) is 14.4 Å². The maximum absolute atomic E-state index is 11.9.